The van der Waals surface area contributed by atoms with Crippen molar-refractivity contribution in [3.8, 4) is 0 Å². The van der Waals surface area contributed by atoms with Crippen LogP contribution in [-0.2, 0) is 0 Å². The van der Waals surface area contributed by atoms with Gasteiger partial charge in [-0.2, -0.15) is 0 Å². The fourth-order valence-corrected chi connectivity index (χ4v) is 1.21. The molecule has 3 heteroatoms. The van der Waals surface area contributed by atoms with Crippen LogP contribution in [0.2, 0.25) is 5.22 Å². The van der Waals surface area contributed by atoms with Crippen LogP contribution in [0.4, 0.5) is 0 Å². The van der Waals surface area contributed by atoms with Crippen LogP contribution >= 0.6 is 11.6 Å². The summed E-state index contributed by atoms with van der Waals surface area (Å²) in [5.41, 5.74) is 0.688. The first-order chi connectivity index (χ1) is 5.25. The highest BCUT2D eigenvalue weighted by molar-refractivity contribution is 6.29. The summed E-state index contributed by atoms with van der Waals surface area (Å²) in [6, 6.07) is 1.70. The van der Waals surface area contributed by atoms with Crippen molar-refractivity contribution in [1.82, 2.24) is 0 Å². The number of aliphatic hydroxyl groups is 1. The topological polar surface area (TPSA) is 33.4 Å². The maximum absolute atomic E-state index is 9.45. The van der Waals surface area contributed by atoms with Crippen LogP contribution in [0.1, 0.15) is 31.4 Å². The van der Waals surface area contributed by atoms with E-state index in [-0.39, 0.29) is 0 Å². The van der Waals surface area contributed by atoms with Gasteiger partial charge in [-0.1, -0.05) is 13.3 Å². The van der Waals surface area contributed by atoms with Crippen molar-refractivity contribution < 1.29 is 9.52 Å². The first-order valence-electron chi connectivity index (χ1n) is 3.66. The zero-order valence-electron chi connectivity index (χ0n) is 6.38. The van der Waals surface area contributed by atoms with Gasteiger partial charge in [0.15, 0.2) is 5.22 Å². The van der Waals surface area contributed by atoms with E-state index in [9.17, 15) is 5.11 Å². The highest BCUT2D eigenvalue weighted by atomic mass is 35.5. The monoisotopic (exact) mass is 174 g/mol. The van der Waals surface area contributed by atoms with Gasteiger partial charge in [0.1, 0.15) is 0 Å². The van der Waals surface area contributed by atoms with Crippen LogP contribution in [0, 0.1) is 0 Å². The van der Waals surface area contributed by atoms with Crippen molar-refractivity contribution in [2.45, 2.75) is 25.9 Å². The van der Waals surface area contributed by atoms with Crippen LogP contribution in [-0.4, -0.2) is 5.11 Å². The molecule has 2 nitrogen and oxygen atoms in total. The summed E-state index contributed by atoms with van der Waals surface area (Å²) in [6.45, 7) is 2.01. The zero-order valence-corrected chi connectivity index (χ0v) is 7.14. The van der Waals surface area contributed by atoms with Gasteiger partial charge in [-0.15, -0.1) is 0 Å². The Balaban J connectivity index is 2.67. The third-order valence-corrected chi connectivity index (χ3v) is 1.87. The second kappa shape index (κ2) is 3.79. The minimum Gasteiger partial charge on any atom is -0.453 e. The van der Waals surface area contributed by atoms with E-state index in [2.05, 4.69) is 0 Å². The number of hydrogen-bond acceptors (Lipinski definition) is 2. The fourth-order valence-electron chi connectivity index (χ4n) is 0.972. The number of rotatable bonds is 3. The van der Waals surface area contributed by atoms with Crippen LogP contribution < -0.4 is 0 Å². The van der Waals surface area contributed by atoms with Gasteiger partial charge in [0, 0.05) is 5.56 Å². The number of furan rings is 1. The molecule has 1 aromatic heterocycles. The van der Waals surface area contributed by atoms with E-state index in [4.69, 9.17) is 16.0 Å². The molecule has 0 saturated heterocycles. The molecule has 1 unspecified atom stereocenters. The standard InChI is InChI=1S/C8H11ClO2/c1-2-3-7(10)6-4-5-11-8(6)9/h4-5,7,10H,2-3H2,1H3. The van der Waals surface area contributed by atoms with Crippen molar-refractivity contribution in [2.24, 2.45) is 0 Å². The van der Waals surface area contributed by atoms with Crippen LogP contribution in [0.25, 0.3) is 0 Å². The Morgan fingerprint density at radius 3 is 2.91 bits per heavy atom. The quantitative estimate of drug-likeness (QED) is 0.765. The molecule has 0 saturated carbocycles. The molecule has 0 spiro atoms. The van der Waals surface area contributed by atoms with Crippen LogP contribution in [0.5, 0.6) is 0 Å². The molecule has 0 radical (unpaired) electrons. The Labute approximate surface area is 70.8 Å². The van der Waals surface area contributed by atoms with Gasteiger partial charge in [-0.3, -0.25) is 0 Å². The summed E-state index contributed by atoms with van der Waals surface area (Å²) in [5, 5.41) is 9.74. The van der Waals surface area contributed by atoms with E-state index in [1.54, 1.807) is 6.07 Å². The lowest BCUT2D eigenvalue weighted by Crippen LogP contribution is -1.94. The molecule has 11 heavy (non-hydrogen) atoms. The van der Waals surface area contributed by atoms with Crippen molar-refractivity contribution in [3.63, 3.8) is 0 Å². The third-order valence-electron chi connectivity index (χ3n) is 1.57. The molecule has 1 atom stereocenters. The summed E-state index contributed by atoms with van der Waals surface area (Å²) in [7, 11) is 0. The second-order valence-electron chi connectivity index (χ2n) is 2.45. The fraction of sp³-hybridized carbons (Fsp3) is 0.500. The predicted molar refractivity (Wildman–Crippen MR) is 43.6 cm³/mol. The van der Waals surface area contributed by atoms with Crippen molar-refractivity contribution in [2.75, 3.05) is 0 Å². The lowest BCUT2D eigenvalue weighted by atomic mass is 10.1. The van der Waals surface area contributed by atoms with Gasteiger partial charge in [0.25, 0.3) is 0 Å². The van der Waals surface area contributed by atoms with Crippen molar-refractivity contribution >= 4 is 11.6 Å². The highest BCUT2D eigenvalue weighted by Crippen LogP contribution is 2.26. The maximum atomic E-state index is 9.45. The largest absolute Gasteiger partial charge is 0.453 e. The summed E-state index contributed by atoms with van der Waals surface area (Å²) >= 11 is 5.64. The normalized spacial score (nSPS) is 13.4. The van der Waals surface area contributed by atoms with Gasteiger partial charge in [0.2, 0.25) is 0 Å². The average molecular weight is 175 g/mol. The SMILES string of the molecule is CCCC(O)c1ccoc1Cl. The van der Waals surface area contributed by atoms with Gasteiger partial charge in [-0.05, 0) is 24.1 Å². The lowest BCUT2D eigenvalue weighted by Gasteiger charge is -2.05. The molecule has 0 aliphatic carbocycles. The molecule has 0 aliphatic rings. The van der Waals surface area contributed by atoms with E-state index in [0.29, 0.717) is 10.8 Å². The molecule has 1 aromatic rings. The summed E-state index contributed by atoms with van der Waals surface area (Å²) in [5.74, 6) is 0. The smallest absolute Gasteiger partial charge is 0.198 e. The van der Waals surface area contributed by atoms with Gasteiger partial charge >= 0.3 is 0 Å². The Morgan fingerprint density at radius 2 is 2.45 bits per heavy atom. The summed E-state index contributed by atoms with van der Waals surface area (Å²) in [4.78, 5) is 0. The van der Waals surface area contributed by atoms with Gasteiger partial charge in [-0.25, -0.2) is 0 Å². The third kappa shape index (κ3) is 1.98. The molecule has 1 N–H and O–H groups in total. The zero-order chi connectivity index (χ0) is 8.27. The Morgan fingerprint density at radius 1 is 1.73 bits per heavy atom. The summed E-state index contributed by atoms with van der Waals surface area (Å²) < 4.78 is 4.84. The Kier molecular flexibility index (Phi) is 2.97. The molecule has 0 aliphatic heterocycles. The molecule has 0 fully saturated rings. The van der Waals surface area contributed by atoms with E-state index in [0.717, 1.165) is 12.8 Å². The van der Waals surface area contributed by atoms with Crippen molar-refractivity contribution in [3.05, 3.63) is 23.1 Å². The van der Waals surface area contributed by atoms with Crippen LogP contribution in [0.3, 0.4) is 0 Å². The lowest BCUT2D eigenvalue weighted by molar-refractivity contribution is 0.166. The van der Waals surface area contributed by atoms with E-state index in [1.807, 2.05) is 6.92 Å². The van der Waals surface area contributed by atoms with E-state index < -0.39 is 6.10 Å². The number of hydrogen-bond donors (Lipinski definition) is 1. The molecule has 62 valence electrons. The van der Waals surface area contributed by atoms with E-state index >= 15 is 0 Å². The van der Waals surface area contributed by atoms with Crippen LogP contribution in [0.15, 0.2) is 16.7 Å². The first-order valence-corrected chi connectivity index (χ1v) is 4.04. The first kappa shape index (κ1) is 8.62. The number of halogens is 1. The number of aliphatic hydroxyl groups excluding tert-OH is 1. The molecule has 0 amide bonds. The van der Waals surface area contributed by atoms with Crippen molar-refractivity contribution in [1.29, 1.82) is 0 Å². The average Bonchev–Trinajstić information content (AvgIpc) is 2.36. The molecule has 0 bridgehead atoms. The molecule has 0 aromatic carbocycles. The minimum absolute atomic E-state index is 0.297. The predicted octanol–water partition coefficient (Wildman–Crippen LogP) is 2.77. The molecule has 1 rings (SSSR count). The molecule has 1 heterocycles. The molecular formula is C8H11ClO2. The summed E-state index contributed by atoms with van der Waals surface area (Å²) in [6.07, 6.45) is 2.66. The van der Waals surface area contributed by atoms with Gasteiger partial charge < -0.3 is 9.52 Å². The minimum atomic E-state index is -0.480. The Bertz CT molecular complexity index is 220. The van der Waals surface area contributed by atoms with Gasteiger partial charge in [0.05, 0.1) is 12.4 Å². The van der Waals surface area contributed by atoms with E-state index in [1.165, 1.54) is 6.26 Å². The second-order valence-corrected chi connectivity index (χ2v) is 2.80. The highest BCUT2D eigenvalue weighted by Gasteiger charge is 2.12. The maximum Gasteiger partial charge on any atom is 0.198 e. The Hall–Kier alpha value is -0.470. The molecular weight excluding hydrogens is 164 g/mol.